The van der Waals surface area contributed by atoms with E-state index in [1.807, 2.05) is 52.1 Å². The van der Waals surface area contributed by atoms with Gasteiger partial charge in [0.25, 0.3) is 6.33 Å². The summed E-state index contributed by atoms with van der Waals surface area (Å²) in [6.07, 6.45) is 5.84. The Morgan fingerprint density at radius 1 is 0.810 bits per heavy atom. The minimum atomic E-state index is 0.644. The third-order valence-corrected chi connectivity index (χ3v) is 3.23. The van der Waals surface area contributed by atoms with E-state index in [1.165, 1.54) is 0 Å². The number of rotatable bonds is 2. The molecule has 0 aliphatic rings. The third-order valence-electron chi connectivity index (χ3n) is 3.23. The van der Waals surface area contributed by atoms with Crippen LogP contribution in [-0.4, -0.2) is 4.57 Å². The molecule has 1 heterocycles. The van der Waals surface area contributed by atoms with Crippen molar-refractivity contribution in [3.05, 3.63) is 78.4 Å². The van der Waals surface area contributed by atoms with Gasteiger partial charge in [-0.25, -0.2) is 9.13 Å². The molecule has 0 aliphatic carbocycles. The summed E-state index contributed by atoms with van der Waals surface area (Å²) >= 11 is 0. The Balaban J connectivity index is 1.92. The van der Waals surface area contributed by atoms with Gasteiger partial charge in [0.15, 0.2) is 0 Å². The first-order valence-electron chi connectivity index (χ1n) is 6.40. The summed E-state index contributed by atoms with van der Waals surface area (Å²) in [5.41, 5.74) is 3.26. The Morgan fingerprint density at radius 2 is 1.38 bits per heavy atom. The van der Waals surface area contributed by atoms with Gasteiger partial charge < -0.3 is 0 Å². The van der Waals surface area contributed by atoms with E-state index in [0.29, 0.717) is 11.1 Å². The lowest BCUT2D eigenvalue weighted by Crippen LogP contribution is -2.27. The van der Waals surface area contributed by atoms with Crippen LogP contribution in [0.3, 0.4) is 0 Å². The molecular weight excluding hydrogens is 260 g/mol. The molecule has 0 N–H and O–H groups in total. The molecule has 3 aromatic rings. The molecule has 0 aliphatic heterocycles. The van der Waals surface area contributed by atoms with Crippen LogP contribution < -0.4 is 4.57 Å². The molecule has 1 aromatic heterocycles. The van der Waals surface area contributed by atoms with E-state index in [2.05, 4.69) is 12.1 Å². The number of nitrogens with zero attached hydrogens (tertiary/aromatic N) is 4. The number of imidazole rings is 1. The molecule has 0 fully saturated rings. The second kappa shape index (κ2) is 5.32. The first-order chi connectivity index (χ1) is 10.3. The second-order valence-electron chi connectivity index (χ2n) is 4.55. The lowest BCUT2D eigenvalue weighted by atomic mass is 10.2. The highest BCUT2D eigenvalue weighted by molar-refractivity contribution is 5.39. The SMILES string of the molecule is N#Cc1ccc(-n2cc[n+](-c3ccc(C#N)cc3)c2)cc1. The standard InChI is InChI=1S/C17H11N4/c18-11-14-1-5-16(6-2-14)20-9-10-21(13-20)17-7-3-15(12-19)4-8-17/h1-10,13H/q+1. The highest BCUT2D eigenvalue weighted by Crippen LogP contribution is 2.09. The predicted octanol–water partition coefficient (Wildman–Crippen LogP) is 2.50. The normalized spacial score (nSPS) is 9.81. The van der Waals surface area contributed by atoms with Crippen molar-refractivity contribution in [3.63, 3.8) is 0 Å². The van der Waals surface area contributed by atoms with Gasteiger partial charge in [-0.2, -0.15) is 10.5 Å². The average Bonchev–Trinajstić information content (AvgIpc) is 3.05. The first kappa shape index (κ1) is 12.7. The molecule has 4 nitrogen and oxygen atoms in total. The van der Waals surface area contributed by atoms with E-state index < -0.39 is 0 Å². The Labute approximate surface area is 122 Å². The van der Waals surface area contributed by atoms with Gasteiger partial charge in [0.1, 0.15) is 23.8 Å². The Bertz CT molecular complexity index is 772. The van der Waals surface area contributed by atoms with Crippen LogP contribution in [-0.2, 0) is 0 Å². The van der Waals surface area contributed by atoms with Crippen molar-refractivity contribution in [1.29, 1.82) is 10.5 Å². The highest BCUT2D eigenvalue weighted by atomic mass is 15.1. The maximum Gasteiger partial charge on any atom is 0.254 e. The minimum absolute atomic E-state index is 0.644. The van der Waals surface area contributed by atoms with Gasteiger partial charge in [0.05, 0.1) is 23.3 Å². The van der Waals surface area contributed by atoms with Gasteiger partial charge in [-0.05, 0) is 48.5 Å². The number of hydrogen-bond acceptors (Lipinski definition) is 2. The largest absolute Gasteiger partial charge is 0.254 e. The molecule has 0 spiro atoms. The molecule has 2 aromatic carbocycles. The van der Waals surface area contributed by atoms with Gasteiger partial charge >= 0.3 is 0 Å². The van der Waals surface area contributed by atoms with E-state index >= 15 is 0 Å². The summed E-state index contributed by atoms with van der Waals surface area (Å²) in [6.45, 7) is 0. The molecule has 0 unspecified atom stereocenters. The Kier molecular flexibility index (Phi) is 3.21. The van der Waals surface area contributed by atoms with Crippen LogP contribution >= 0.6 is 0 Å². The molecule has 0 bridgehead atoms. The van der Waals surface area contributed by atoms with E-state index in [4.69, 9.17) is 10.5 Å². The summed E-state index contributed by atoms with van der Waals surface area (Å²) in [5.74, 6) is 0. The van der Waals surface area contributed by atoms with Crippen LogP contribution in [0.4, 0.5) is 0 Å². The molecule has 3 rings (SSSR count). The lowest BCUT2D eigenvalue weighted by molar-refractivity contribution is -0.594. The van der Waals surface area contributed by atoms with Crippen LogP contribution in [0.5, 0.6) is 0 Å². The Morgan fingerprint density at radius 3 is 1.95 bits per heavy atom. The van der Waals surface area contributed by atoms with Gasteiger partial charge in [0, 0.05) is 0 Å². The van der Waals surface area contributed by atoms with Crippen molar-refractivity contribution in [1.82, 2.24) is 4.57 Å². The van der Waals surface area contributed by atoms with Crippen LogP contribution in [0.2, 0.25) is 0 Å². The summed E-state index contributed by atoms with van der Waals surface area (Å²) in [6, 6.07) is 19.0. The van der Waals surface area contributed by atoms with Crippen LogP contribution in [0.15, 0.2) is 67.3 Å². The third kappa shape index (κ3) is 2.51. The van der Waals surface area contributed by atoms with E-state index in [9.17, 15) is 0 Å². The summed E-state index contributed by atoms with van der Waals surface area (Å²) in [7, 11) is 0. The average molecular weight is 271 g/mol. The van der Waals surface area contributed by atoms with Crippen molar-refractivity contribution < 1.29 is 4.57 Å². The fourth-order valence-electron chi connectivity index (χ4n) is 2.08. The summed E-state index contributed by atoms with van der Waals surface area (Å²) < 4.78 is 3.94. The fourth-order valence-corrected chi connectivity index (χ4v) is 2.08. The minimum Gasteiger partial charge on any atom is -0.202 e. The van der Waals surface area contributed by atoms with Gasteiger partial charge in [-0.3, -0.25) is 0 Å². The molecule has 0 atom stereocenters. The Hall–Kier alpha value is -3.37. The van der Waals surface area contributed by atoms with E-state index in [-0.39, 0.29) is 0 Å². The van der Waals surface area contributed by atoms with E-state index in [1.54, 1.807) is 24.3 Å². The van der Waals surface area contributed by atoms with Crippen LogP contribution in [0.1, 0.15) is 11.1 Å². The number of aromatic nitrogens is 2. The summed E-state index contributed by atoms with van der Waals surface area (Å²) in [4.78, 5) is 0. The zero-order valence-corrected chi connectivity index (χ0v) is 11.1. The topological polar surface area (TPSA) is 56.4 Å². The molecule has 0 saturated heterocycles. The molecule has 0 amide bonds. The monoisotopic (exact) mass is 271 g/mol. The van der Waals surface area contributed by atoms with Gasteiger partial charge in [-0.15, -0.1) is 0 Å². The lowest BCUT2D eigenvalue weighted by Gasteiger charge is -1.96. The summed E-state index contributed by atoms with van der Waals surface area (Å²) in [5, 5.41) is 17.6. The van der Waals surface area contributed by atoms with Crippen molar-refractivity contribution >= 4 is 0 Å². The maximum absolute atomic E-state index is 8.81. The first-order valence-corrected chi connectivity index (χ1v) is 6.40. The smallest absolute Gasteiger partial charge is 0.202 e. The molecule has 0 radical (unpaired) electrons. The zero-order chi connectivity index (χ0) is 14.7. The fraction of sp³-hybridized carbons (Fsp3) is 0. The quantitative estimate of drug-likeness (QED) is 0.672. The maximum atomic E-state index is 8.81. The van der Waals surface area contributed by atoms with Crippen molar-refractivity contribution in [2.75, 3.05) is 0 Å². The molecular formula is C17H11N4+. The van der Waals surface area contributed by atoms with Crippen LogP contribution in [0.25, 0.3) is 11.4 Å². The second-order valence-corrected chi connectivity index (χ2v) is 4.55. The molecule has 0 saturated carbocycles. The van der Waals surface area contributed by atoms with Gasteiger partial charge in [-0.1, -0.05) is 0 Å². The number of hydrogen-bond donors (Lipinski definition) is 0. The molecule has 98 valence electrons. The number of benzene rings is 2. The van der Waals surface area contributed by atoms with Crippen molar-refractivity contribution in [3.8, 4) is 23.5 Å². The van der Waals surface area contributed by atoms with E-state index in [0.717, 1.165) is 11.4 Å². The molecule has 21 heavy (non-hydrogen) atoms. The van der Waals surface area contributed by atoms with Crippen molar-refractivity contribution in [2.24, 2.45) is 0 Å². The van der Waals surface area contributed by atoms with Gasteiger partial charge in [0.2, 0.25) is 0 Å². The van der Waals surface area contributed by atoms with Crippen molar-refractivity contribution in [2.45, 2.75) is 0 Å². The van der Waals surface area contributed by atoms with Crippen LogP contribution in [0, 0.1) is 22.7 Å². The molecule has 4 heteroatoms. The predicted molar refractivity (Wildman–Crippen MR) is 76.7 cm³/mol. The number of nitriles is 2. The zero-order valence-electron chi connectivity index (χ0n) is 11.1. The highest BCUT2D eigenvalue weighted by Gasteiger charge is 2.08.